The van der Waals surface area contributed by atoms with E-state index in [4.69, 9.17) is 20.9 Å². The Morgan fingerprint density at radius 3 is 2.73 bits per heavy atom. The van der Waals surface area contributed by atoms with Crippen molar-refractivity contribution in [1.29, 1.82) is 0 Å². The summed E-state index contributed by atoms with van der Waals surface area (Å²) in [6.07, 6.45) is 2.62. The predicted molar refractivity (Wildman–Crippen MR) is 99.6 cm³/mol. The van der Waals surface area contributed by atoms with E-state index in [9.17, 15) is 13.2 Å². The summed E-state index contributed by atoms with van der Waals surface area (Å²) in [5.74, 6) is 0.459. The van der Waals surface area contributed by atoms with Gasteiger partial charge in [-0.3, -0.25) is 4.18 Å². The molecule has 0 unspecified atom stereocenters. The Bertz CT molecular complexity index is 792. The number of hydrogen-bond acceptors (Lipinski definition) is 8. The molecule has 2 heterocycles. The quantitative estimate of drug-likeness (QED) is 0.292. The van der Waals surface area contributed by atoms with Crippen LogP contribution in [0.15, 0.2) is 5.16 Å². The fourth-order valence-corrected chi connectivity index (χ4v) is 3.73. The molecule has 12 heteroatoms. The van der Waals surface area contributed by atoms with Gasteiger partial charge in [-0.2, -0.15) is 8.42 Å². The monoisotopic (exact) mass is 424 g/mol. The lowest BCUT2D eigenvalue weighted by Gasteiger charge is -2.27. The summed E-state index contributed by atoms with van der Waals surface area (Å²) in [6, 6.07) is 0. The lowest BCUT2D eigenvalue weighted by Crippen LogP contribution is -2.40. The smallest absolute Gasteiger partial charge is 0.407 e. The third-order valence-electron chi connectivity index (χ3n) is 3.93. The Morgan fingerprint density at radius 2 is 2.19 bits per heavy atom. The van der Waals surface area contributed by atoms with Crippen LogP contribution in [-0.4, -0.2) is 72.2 Å². The number of halogens is 1. The largest absolute Gasteiger partial charge is 0.465 e. The van der Waals surface area contributed by atoms with Crippen LogP contribution in [0.1, 0.15) is 18.9 Å². The van der Waals surface area contributed by atoms with Gasteiger partial charge < -0.3 is 15.3 Å². The average molecular weight is 425 g/mol. The zero-order chi connectivity index (χ0) is 19.5. The van der Waals surface area contributed by atoms with Crippen LogP contribution in [-0.2, 0) is 20.7 Å². The number of carboxylic acid groups (broad SMARTS) is 1. The Kier molecular flexibility index (Phi) is 6.59. The molecular formula is C14H21ClN4O5S2. The molecule has 0 bridgehead atoms. The van der Waals surface area contributed by atoms with Gasteiger partial charge in [-0.1, -0.05) is 23.4 Å². The van der Waals surface area contributed by atoms with Crippen molar-refractivity contribution in [1.82, 2.24) is 14.9 Å². The number of rotatable bonds is 7. The fraction of sp³-hybridized carbons (Fsp3) is 0.643. The van der Waals surface area contributed by atoms with Crippen LogP contribution in [0.25, 0.3) is 0 Å². The minimum Gasteiger partial charge on any atom is -0.465 e. The highest BCUT2D eigenvalue weighted by atomic mass is 35.5. The van der Waals surface area contributed by atoms with Gasteiger partial charge in [0.25, 0.3) is 10.1 Å². The van der Waals surface area contributed by atoms with Gasteiger partial charge in [-0.25, -0.2) is 14.8 Å². The van der Waals surface area contributed by atoms with Gasteiger partial charge in [0, 0.05) is 25.1 Å². The Labute approximate surface area is 161 Å². The maximum absolute atomic E-state index is 11.2. The van der Waals surface area contributed by atoms with E-state index >= 15 is 0 Å². The molecule has 0 saturated carbocycles. The summed E-state index contributed by atoms with van der Waals surface area (Å²) in [5, 5.41) is 13.1. The Morgan fingerprint density at radius 1 is 1.50 bits per heavy atom. The van der Waals surface area contributed by atoms with Crippen LogP contribution < -0.4 is 5.32 Å². The lowest BCUT2D eigenvalue weighted by molar-refractivity contribution is 0.154. The highest BCUT2D eigenvalue weighted by Crippen LogP contribution is 2.31. The van der Waals surface area contributed by atoms with Gasteiger partial charge in [0.15, 0.2) is 5.16 Å². The number of thioether (sulfide) groups is 1. The molecule has 0 radical (unpaired) electrons. The first-order chi connectivity index (χ1) is 12.0. The second-order valence-electron chi connectivity index (χ2n) is 6.24. The number of amides is 1. The zero-order valence-electron chi connectivity index (χ0n) is 14.7. The Hall–Kier alpha value is -1.30. The third kappa shape index (κ3) is 5.60. The number of hydrogen-bond donors (Lipinski definition) is 2. The van der Waals surface area contributed by atoms with Gasteiger partial charge >= 0.3 is 6.09 Å². The normalized spacial score (nSPS) is 20.4. The number of aromatic nitrogens is 2. The van der Waals surface area contributed by atoms with Crippen molar-refractivity contribution in [2.45, 2.75) is 30.5 Å². The van der Waals surface area contributed by atoms with E-state index in [1.807, 2.05) is 13.2 Å². The first-order valence-corrected chi connectivity index (χ1v) is 11.2. The number of likely N-dealkylation sites (tertiary alicyclic amines) is 1. The van der Waals surface area contributed by atoms with Gasteiger partial charge in [0.1, 0.15) is 11.0 Å². The summed E-state index contributed by atoms with van der Waals surface area (Å²) in [7, 11) is -3.56. The van der Waals surface area contributed by atoms with Crippen molar-refractivity contribution in [2.75, 3.05) is 37.5 Å². The van der Waals surface area contributed by atoms with Gasteiger partial charge in [0.05, 0.1) is 18.4 Å². The van der Waals surface area contributed by atoms with E-state index in [0.29, 0.717) is 36.0 Å². The summed E-state index contributed by atoms with van der Waals surface area (Å²) in [4.78, 5) is 21.1. The minimum absolute atomic E-state index is 0.0901. The summed E-state index contributed by atoms with van der Waals surface area (Å²) in [6.45, 7) is 2.53. The van der Waals surface area contributed by atoms with Crippen molar-refractivity contribution in [2.24, 2.45) is 0 Å². The maximum atomic E-state index is 11.2. The van der Waals surface area contributed by atoms with E-state index in [0.717, 1.165) is 6.26 Å². The molecule has 146 valence electrons. The van der Waals surface area contributed by atoms with Crippen LogP contribution in [0.5, 0.6) is 0 Å². The number of nitrogens with one attached hydrogen (secondary N) is 1. The molecule has 0 aliphatic carbocycles. The molecule has 2 rings (SSSR count). The molecule has 1 aliphatic heterocycles. The predicted octanol–water partition coefficient (Wildman–Crippen LogP) is 1.92. The van der Waals surface area contributed by atoms with Gasteiger partial charge in [0.2, 0.25) is 0 Å². The maximum Gasteiger partial charge on any atom is 0.407 e. The van der Waals surface area contributed by atoms with Crippen LogP contribution in [0.2, 0.25) is 5.15 Å². The highest BCUT2D eigenvalue weighted by Gasteiger charge is 2.37. The molecule has 1 aromatic rings. The molecule has 1 aliphatic rings. The molecule has 9 nitrogen and oxygen atoms in total. The SMILES string of the molecule is CSc1nc(Cl)c(CCOS(C)(=O)=O)c(N[C@@]2(C)CCN(C(=O)O)C2)n1. The van der Waals surface area contributed by atoms with E-state index in [2.05, 4.69) is 15.3 Å². The average Bonchev–Trinajstić information content (AvgIpc) is 2.91. The number of nitrogens with zero attached hydrogens (tertiary/aromatic N) is 3. The summed E-state index contributed by atoms with van der Waals surface area (Å²) >= 11 is 7.58. The molecular weight excluding hydrogens is 404 g/mol. The molecule has 26 heavy (non-hydrogen) atoms. The second kappa shape index (κ2) is 8.15. The molecule has 1 amide bonds. The summed E-state index contributed by atoms with van der Waals surface area (Å²) in [5.41, 5.74) is 0.0150. The van der Waals surface area contributed by atoms with E-state index in [1.54, 1.807) is 0 Å². The van der Waals surface area contributed by atoms with E-state index in [1.165, 1.54) is 16.7 Å². The first kappa shape index (κ1) is 21.0. The number of carbonyl (C=O) groups is 1. The topological polar surface area (TPSA) is 122 Å². The third-order valence-corrected chi connectivity index (χ3v) is 5.39. The van der Waals surface area contributed by atoms with Crippen molar-refractivity contribution in [3.8, 4) is 0 Å². The Balaban J connectivity index is 2.24. The molecule has 0 aromatic carbocycles. The summed E-state index contributed by atoms with van der Waals surface area (Å²) < 4.78 is 27.1. The van der Waals surface area contributed by atoms with Crippen LogP contribution in [0, 0.1) is 0 Å². The second-order valence-corrected chi connectivity index (χ2v) is 9.02. The molecule has 1 saturated heterocycles. The van der Waals surface area contributed by atoms with Crippen molar-refractivity contribution in [3.05, 3.63) is 10.7 Å². The standard InChI is InChI=1S/C14H21ClN4O5S2/c1-14(5-6-19(8-14)13(20)21)18-11-9(4-7-24-26(3,22)23)10(15)16-12(17-11)25-2/h4-8H2,1-3H3,(H,20,21)(H,16,17,18)/t14-/m0/s1. The molecule has 1 fully saturated rings. The van der Waals surface area contributed by atoms with Crippen molar-refractivity contribution >= 4 is 45.4 Å². The molecule has 1 atom stereocenters. The van der Waals surface area contributed by atoms with E-state index in [-0.39, 0.29) is 18.2 Å². The number of anilines is 1. The van der Waals surface area contributed by atoms with Gasteiger partial charge in [-0.05, 0) is 19.6 Å². The van der Waals surface area contributed by atoms with Crippen LogP contribution >= 0.6 is 23.4 Å². The van der Waals surface area contributed by atoms with Crippen LogP contribution in [0.3, 0.4) is 0 Å². The highest BCUT2D eigenvalue weighted by molar-refractivity contribution is 7.98. The van der Waals surface area contributed by atoms with E-state index < -0.39 is 21.8 Å². The minimum atomic E-state index is -3.56. The van der Waals surface area contributed by atoms with Crippen LogP contribution in [0.4, 0.5) is 10.6 Å². The first-order valence-electron chi connectivity index (χ1n) is 7.74. The lowest BCUT2D eigenvalue weighted by atomic mass is 10.0. The molecule has 2 N–H and O–H groups in total. The van der Waals surface area contributed by atoms with Crippen molar-refractivity contribution in [3.63, 3.8) is 0 Å². The fourth-order valence-electron chi connectivity index (χ4n) is 2.66. The zero-order valence-corrected chi connectivity index (χ0v) is 17.0. The molecule has 0 spiro atoms. The van der Waals surface area contributed by atoms with Gasteiger partial charge in [-0.15, -0.1) is 0 Å². The van der Waals surface area contributed by atoms with Crippen molar-refractivity contribution < 1.29 is 22.5 Å². The molecule has 1 aromatic heterocycles.